The van der Waals surface area contributed by atoms with Crippen LogP contribution in [0.15, 0.2) is 78.9 Å². The standard InChI is InChI=1S/C32H33N3O6/c1-40-31(38)28-16-9-17-35(28)30(37)27(18-21-10-3-2-4-11-21)34-29(36)19-33-32(39)41-20-26-24-14-7-5-12-22(24)23-13-6-8-15-25(23)26/h2-8,10-15,26-28H,9,16-20H2,1H3,(H,33,39)(H,34,36)/t27-,28-/m0/s1. The normalized spacial score (nSPS) is 16.3. The number of hydrogen-bond acceptors (Lipinski definition) is 6. The minimum absolute atomic E-state index is 0.0990. The highest BCUT2D eigenvalue weighted by atomic mass is 16.5. The first kappa shape index (κ1) is 27.9. The third-order valence-electron chi connectivity index (χ3n) is 7.66. The van der Waals surface area contributed by atoms with E-state index in [0.29, 0.717) is 19.4 Å². The average molecular weight is 556 g/mol. The second-order valence-electron chi connectivity index (χ2n) is 10.2. The molecule has 212 valence electrons. The highest BCUT2D eigenvalue weighted by Crippen LogP contribution is 2.44. The van der Waals surface area contributed by atoms with Gasteiger partial charge in [-0.3, -0.25) is 9.59 Å². The number of esters is 1. The largest absolute Gasteiger partial charge is 0.467 e. The van der Waals surface area contributed by atoms with Gasteiger partial charge < -0.3 is 25.0 Å². The number of alkyl carbamates (subject to hydrolysis) is 1. The van der Waals surface area contributed by atoms with Gasteiger partial charge in [-0.25, -0.2) is 9.59 Å². The molecule has 41 heavy (non-hydrogen) atoms. The summed E-state index contributed by atoms with van der Waals surface area (Å²) in [5.41, 5.74) is 5.28. The molecule has 2 N–H and O–H groups in total. The maximum atomic E-state index is 13.5. The smallest absolute Gasteiger partial charge is 0.407 e. The Balaban J connectivity index is 1.19. The number of rotatable bonds is 9. The summed E-state index contributed by atoms with van der Waals surface area (Å²) in [6, 6.07) is 23.8. The van der Waals surface area contributed by atoms with E-state index in [0.717, 1.165) is 27.8 Å². The molecule has 2 aliphatic rings. The zero-order chi connectivity index (χ0) is 28.8. The van der Waals surface area contributed by atoms with E-state index in [1.165, 1.54) is 12.0 Å². The van der Waals surface area contributed by atoms with Gasteiger partial charge >= 0.3 is 12.1 Å². The Bertz CT molecular complexity index is 1380. The molecule has 3 aromatic rings. The monoisotopic (exact) mass is 555 g/mol. The summed E-state index contributed by atoms with van der Waals surface area (Å²) in [4.78, 5) is 52.6. The van der Waals surface area contributed by atoms with Crippen LogP contribution in [0.2, 0.25) is 0 Å². The van der Waals surface area contributed by atoms with Crippen LogP contribution in [0.1, 0.15) is 35.4 Å². The van der Waals surface area contributed by atoms with Crippen molar-refractivity contribution in [3.8, 4) is 11.1 Å². The molecule has 9 nitrogen and oxygen atoms in total. The molecule has 1 aliphatic carbocycles. The van der Waals surface area contributed by atoms with Crippen molar-refractivity contribution in [2.75, 3.05) is 26.8 Å². The number of ether oxygens (including phenoxy) is 2. The van der Waals surface area contributed by atoms with Gasteiger partial charge in [-0.15, -0.1) is 0 Å². The SMILES string of the molecule is COC(=O)[C@@H]1CCCN1C(=O)[C@H](Cc1ccccc1)NC(=O)CNC(=O)OCC1c2ccccc2-c2ccccc21. The highest BCUT2D eigenvalue weighted by Gasteiger charge is 2.38. The first-order chi connectivity index (χ1) is 20.0. The molecular weight excluding hydrogens is 522 g/mol. The quantitative estimate of drug-likeness (QED) is 0.391. The number of nitrogens with one attached hydrogen (secondary N) is 2. The van der Waals surface area contributed by atoms with Crippen molar-refractivity contribution in [1.82, 2.24) is 15.5 Å². The molecule has 5 rings (SSSR count). The molecule has 1 saturated heterocycles. The van der Waals surface area contributed by atoms with Crippen LogP contribution in [0.25, 0.3) is 11.1 Å². The zero-order valence-electron chi connectivity index (χ0n) is 22.9. The first-order valence-electron chi connectivity index (χ1n) is 13.8. The van der Waals surface area contributed by atoms with Crippen molar-refractivity contribution in [2.45, 2.75) is 37.3 Å². The van der Waals surface area contributed by atoms with E-state index in [-0.39, 0.29) is 31.4 Å². The Morgan fingerprint density at radius 2 is 1.54 bits per heavy atom. The molecule has 3 aromatic carbocycles. The fraction of sp³-hybridized carbons (Fsp3) is 0.312. The van der Waals surface area contributed by atoms with Gasteiger partial charge in [0.1, 0.15) is 25.2 Å². The lowest BCUT2D eigenvalue weighted by atomic mass is 9.98. The van der Waals surface area contributed by atoms with Crippen LogP contribution in [-0.4, -0.2) is 67.7 Å². The number of amides is 3. The lowest BCUT2D eigenvalue weighted by Crippen LogP contribution is -2.54. The Labute approximate surface area is 238 Å². The Morgan fingerprint density at radius 3 is 2.20 bits per heavy atom. The van der Waals surface area contributed by atoms with Crippen molar-refractivity contribution in [1.29, 1.82) is 0 Å². The molecule has 0 unspecified atom stereocenters. The van der Waals surface area contributed by atoms with Gasteiger partial charge in [0.2, 0.25) is 11.8 Å². The van der Waals surface area contributed by atoms with Crippen molar-refractivity contribution in [3.63, 3.8) is 0 Å². The maximum Gasteiger partial charge on any atom is 0.407 e. The van der Waals surface area contributed by atoms with Crippen LogP contribution in [0.5, 0.6) is 0 Å². The molecule has 0 saturated carbocycles. The Morgan fingerprint density at radius 1 is 0.902 bits per heavy atom. The number of hydrogen-bond donors (Lipinski definition) is 2. The molecule has 9 heteroatoms. The van der Waals surface area contributed by atoms with E-state index >= 15 is 0 Å². The number of methoxy groups -OCH3 is 1. The number of benzene rings is 3. The maximum absolute atomic E-state index is 13.5. The molecule has 0 bridgehead atoms. The number of nitrogens with zero attached hydrogens (tertiary/aromatic N) is 1. The summed E-state index contributed by atoms with van der Waals surface area (Å²) in [6.07, 6.45) is 0.688. The van der Waals surface area contributed by atoms with Gasteiger partial charge in [-0.05, 0) is 40.7 Å². The number of fused-ring (bicyclic) bond motifs is 3. The molecule has 0 aromatic heterocycles. The Hall–Kier alpha value is -4.66. The minimum atomic E-state index is -0.917. The topological polar surface area (TPSA) is 114 Å². The van der Waals surface area contributed by atoms with Crippen LogP contribution in [-0.2, 0) is 30.3 Å². The average Bonchev–Trinajstić information content (AvgIpc) is 3.62. The summed E-state index contributed by atoms with van der Waals surface area (Å²) < 4.78 is 10.4. The van der Waals surface area contributed by atoms with Gasteiger partial charge in [0, 0.05) is 18.9 Å². The Kier molecular flexibility index (Phi) is 8.62. The summed E-state index contributed by atoms with van der Waals surface area (Å²) in [7, 11) is 1.29. The van der Waals surface area contributed by atoms with Gasteiger partial charge in [0.15, 0.2) is 0 Å². The number of likely N-dealkylation sites (tertiary alicyclic amines) is 1. The van der Waals surface area contributed by atoms with Crippen LogP contribution in [0.4, 0.5) is 4.79 Å². The summed E-state index contributed by atoms with van der Waals surface area (Å²) in [5, 5.41) is 5.24. The summed E-state index contributed by atoms with van der Waals surface area (Å²) in [5.74, 6) is -1.48. The van der Waals surface area contributed by atoms with Crippen molar-refractivity contribution in [3.05, 3.63) is 95.6 Å². The van der Waals surface area contributed by atoms with Gasteiger partial charge in [0.25, 0.3) is 0 Å². The van der Waals surface area contributed by atoms with Crippen molar-refractivity contribution in [2.24, 2.45) is 0 Å². The molecule has 0 radical (unpaired) electrons. The van der Waals surface area contributed by atoms with Crippen LogP contribution in [0.3, 0.4) is 0 Å². The van der Waals surface area contributed by atoms with E-state index < -0.39 is 30.1 Å². The van der Waals surface area contributed by atoms with E-state index in [1.807, 2.05) is 66.7 Å². The number of carbonyl (C=O) groups is 4. The van der Waals surface area contributed by atoms with Gasteiger partial charge in [-0.2, -0.15) is 0 Å². The van der Waals surface area contributed by atoms with Gasteiger partial charge in [0.05, 0.1) is 7.11 Å². The fourth-order valence-corrected chi connectivity index (χ4v) is 5.71. The van der Waals surface area contributed by atoms with E-state index in [2.05, 4.69) is 22.8 Å². The van der Waals surface area contributed by atoms with Crippen molar-refractivity contribution >= 4 is 23.9 Å². The minimum Gasteiger partial charge on any atom is -0.467 e. The number of carbonyl (C=O) groups excluding carboxylic acids is 4. The lowest BCUT2D eigenvalue weighted by molar-refractivity contribution is -0.151. The second-order valence-corrected chi connectivity index (χ2v) is 10.2. The molecule has 1 heterocycles. The van der Waals surface area contributed by atoms with Crippen LogP contribution >= 0.6 is 0 Å². The fourth-order valence-electron chi connectivity index (χ4n) is 5.71. The van der Waals surface area contributed by atoms with Crippen LogP contribution in [0, 0.1) is 0 Å². The van der Waals surface area contributed by atoms with Crippen LogP contribution < -0.4 is 10.6 Å². The summed E-state index contributed by atoms with van der Waals surface area (Å²) in [6.45, 7) is 0.161. The highest BCUT2D eigenvalue weighted by molar-refractivity contribution is 5.92. The van der Waals surface area contributed by atoms with Gasteiger partial charge in [-0.1, -0.05) is 78.9 Å². The van der Waals surface area contributed by atoms with E-state index in [9.17, 15) is 19.2 Å². The molecule has 1 aliphatic heterocycles. The molecule has 2 atom stereocenters. The first-order valence-corrected chi connectivity index (χ1v) is 13.8. The van der Waals surface area contributed by atoms with Crippen molar-refractivity contribution < 1.29 is 28.7 Å². The predicted octanol–water partition coefficient (Wildman–Crippen LogP) is 3.42. The predicted molar refractivity (Wildman–Crippen MR) is 152 cm³/mol. The summed E-state index contributed by atoms with van der Waals surface area (Å²) >= 11 is 0. The lowest BCUT2D eigenvalue weighted by Gasteiger charge is -2.28. The molecule has 0 spiro atoms. The second kappa shape index (κ2) is 12.7. The molecule has 3 amide bonds. The third kappa shape index (κ3) is 6.24. The third-order valence-corrected chi connectivity index (χ3v) is 7.66. The van der Waals surface area contributed by atoms with E-state index in [4.69, 9.17) is 9.47 Å². The molecular formula is C32H33N3O6. The zero-order valence-corrected chi connectivity index (χ0v) is 22.9. The molecule has 1 fully saturated rings. The van der Waals surface area contributed by atoms with E-state index in [1.54, 1.807) is 0 Å².